The monoisotopic (exact) mass is 323 g/mol. The highest BCUT2D eigenvalue weighted by Gasteiger charge is 2.06. The van der Waals surface area contributed by atoms with Gasteiger partial charge >= 0.3 is 0 Å². The summed E-state index contributed by atoms with van der Waals surface area (Å²) in [5.41, 5.74) is 7.59. The summed E-state index contributed by atoms with van der Waals surface area (Å²) in [5, 5.41) is 2.04. The second-order valence-corrected chi connectivity index (χ2v) is 5.70. The lowest BCUT2D eigenvalue weighted by atomic mass is 10.1. The minimum atomic E-state index is 0.562. The summed E-state index contributed by atoms with van der Waals surface area (Å²) in [6.07, 6.45) is 2.61. The Labute approximate surface area is 119 Å². The van der Waals surface area contributed by atoms with Gasteiger partial charge in [0.25, 0.3) is 0 Å². The average Bonchev–Trinajstić information content (AvgIpc) is 2.74. The van der Waals surface area contributed by atoms with Crippen LogP contribution < -0.4 is 10.5 Å². The molecule has 2 aromatic rings. The van der Waals surface area contributed by atoms with Gasteiger partial charge < -0.3 is 10.5 Å². The van der Waals surface area contributed by atoms with Crippen LogP contribution in [0, 0.1) is 0 Å². The number of nitrogen functional groups attached to an aromatic ring is 1. The lowest BCUT2D eigenvalue weighted by molar-refractivity contribution is 0.306. The van der Waals surface area contributed by atoms with Crippen molar-refractivity contribution in [2.45, 2.75) is 13.0 Å². The summed E-state index contributed by atoms with van der Waals surface area (Å²) in [5.74, 6) is 0.865. The van der Waals surface area contributed by atoms with E-state index in [1.807, 2.05) is 35.7 Å². The number of rotatable bonds is 5. The molecule has 0 aliphatic carbocycles. The van der Waals surface area contributed by atoms with E-state index in [1.165, 1.54) is 4.88 Å². The molecule has 0 radical (unpaired) electrons. The number of allylic oxidation sites excluding steroid dienone is 1. The second kappa shape index (κ2) is 6.07. The highest BCUT2D eigenvalue weighted by molar-refractivity contribution is 9.10. The second-order valence-electron chi connectivity index (χ2n) is 3.84. The van der Waals surface area contributed by atoms with Gasteiger partial charge in [0.2, 0.25) is 0 Å². The maximum atomic E-state index is 5.85. The molecule has 1 heterocycles. The molecule has 4 heteroatoms. The third-order valence-electron chi connectivity index (χ3n) is 2.50. The molecule has 2 rings (SSSR count). The topological polar surface area (TPSA) is 35.2 Å². The molecular formula is C14H14BrNOS. The van der Waals surface area contributed by atoms with Gasteiger partial charge in [0.15, 0.2) is 0 Å². The summed E-state index contributed by atoms with van der Waals surface area (Å²) < 4.78 is 6.94. The smallest absolute Gasteiger partial charge is 0.124 e. The lowest BCUT2D eigenvalue weighted by Gasteiger charge is -2.10. The van der Waals surface area contributed by atoms with E-state index in [4.69, 9.17) is 10.5 Å². The van der Waals surface area contributed by atoms with Crippen LogP contribution in [0.4, 0.5) is 5.69 Å². The van der Waals surface area contributed by atoms with Crippen molar-refractivity contribution in [2.75, 3.05) is 5.73 Å². The van der Waals surface area contributed by atoms with Crippen molar-refractivity contribution >= 4 is 33.0 Å². The zero-order valence-electron chi connectivity index (χ0n) is 9.86. The van der Waals surface area contributed by atoms with E-state index in [1.54, 1.807) is 11.3 Å². The first kappa shape index (κ1) is 13.2. The predicted octanol–water partition coefficient (Wildman–Crippen LogP) is 4.40. The van der Waals surface area contributed by atoms with Gasteiger partial charge in [-0.25, -0.2) is 0 Å². The number of nitrogens with two attached hydrogens (primary N) is 1. The molecule has 1 aromatic heterocycles. The molecule has 0 aliphatic heterocycles. The maximum Gasteiger partial charge on any atom is 0.124 e. The van der Waals surface area contributed by atoms with Gasteiger partial charge in [-0.3, -0.25) is 0 Å². The van der Waals surface area contributed by atoms with Crippen LogP contribution in [0.2, 0.25) is 0 Å². The van der Waals surface area contributed by atoms with Crippen LogP contribution in [-0.4, -0.2) is 0 Å². The molecule has 1 aromatic carbocycles. The van der Waals surface area contributed by atoms with Gasteiger partial charge in [0.1, 0.15) is 12.4 Å². The fourth-order valence-electron chi connectivity index (χ4n) is 1.63. The number of ether oxygens (including phenoxy) is 1. The average molecular weight is 324 g/mol. The van der Waals surface area contributed by atoms with Crippen LogP contribution in [-0.2, 0) is 13.0 Å². The first-order chi connectivity index (χ1) is 8.70. The Kier molecular flexibility index (Phi) is 4.44. The van der Waals surface area contributed by atoms with Crippen LogP contribution in [0.5, 0.6) is 5.75 Å². The van der Waals surface area contributed by atoms with Crippen LogP contribution in [0.1, 0.15) is 10.4 Å². The Morgan fingerprint density at radius 3 is 2.89 bits per heavy atom. The Hall–Kier alpha value is -1.26. The summed E-state index contributed by atoms with van der Waals surface area (Å²) in [6, 6.07) is 7.72. The Morgan fingerprint density at radius 1 is 1.39 bits per heavy atom. The number of anilines is 1. The van der Waals surface area contributed by atoms with Gasteiger partial charge in [-0.2, -0.15) is 0 Å². The maximum absolute atomic E-state index is 5.85. The Balaban J connectivity index is 2.13. The third-order valence-corrected chi connectivity index (χ3v) is 4.40. The predicted molar refractivity (Wildman–Crippen MR) is 81.1 cm³/mol. The fourth-order valence-corrected chi connectivity index (χ4v) is 3.00. The lowest BCUT2D eigenvalue weighted by Crippen LogP contribution is -1.98. The van der Waals surface area contributed by atoms with E-state index >= 15 is 0 Å². The molecule has 0 atom stereocenters. The molecule has 0 bridgehead atoms. The van der Waals surface area contributed by atoms with E-state index < -0.39 is 0 Å². The molecule has 18 heavy (non-hydrogen) atoms. The van der Waals surface area contributed by atoms with Gasteiger partial charge in [-0.1, -0.05) is 6.08 Å². The highest BCUT2D eigenvalue weighted by atomic mass is 79.9. The number of halogens is 1. The molecule has 0 unspecified atom stereocenters. The summed E-state index contributed by atoms with van der Waals surface area (Å²) in [4.78, 5) is 1.18. The van der Waals surface area contributed by atoms with Crippen molar-refractivity contribution < 1.29 is 4.74 Å². The molecule has 2 N–H and O–H groups in total. The van der Waals surface area contributed by atoms with Crippen molar-refractivity contribution in [3.05, 3.63) is 57.2 Å². The normalized spacial score (nSPS) is 10.3. The van der Waals surface area contributed by atoms with Gasteiger partial charge in [-0.15, -0.1) is 17.9 Å². The van der Waals surface area contributed by atoms with E-state index in [2.05, 4.69) is 22.5 Å². The van der Waals surface area contributed by atoms with Crippen molar-refractivity contribution in [1.82, 2.24) is 0 Å². The quantitative estimate of drug-likeness (QED) is 0.653. The third kappa shape index (κ3) is 3.15. The first-order valence-electron chi connectivity index (χ1n) is 5.54. The van der Waals surface area contributed by atoms with E-state index in [0.29, 0.717) is 6.61 Å². The van der Waals surface area contributed by atoms with Crippen molar-refractivity contribution in [1.29, 1.82) is 0 Å². The molecule has 2 nitrogen and oxygen atoms in total. The standard InChI is InChI=1S/C14H14BrNOS/c1-2-3-10-8-11(16)4-5-13(10)17-9-14-12(15)6-7-18-14/h2,4-8H,1,3,9,16H2. The molecule has 0 saturated carbocycles. The summed E-state index contributed by atoms with van der Waals surface area (Å²) in [7, 11) is 0. The van der Waals surface area contributed by atoms with Crippen LogP contribution >= 0.6 is 27.3 Å². The molecule has 0 fully saturated rings. The zero-order chi connectivity index (χ0) is 13.0. The van der Waals surface area contributed by atoms with Crippen molar-refractivity contribution in [2.24, 2.45) is 0 Å². The van der Waals surface area contributed by atoms with Crippen molar-refractivity contribution in [3.63, 3.8) is 0 Å². The van der Waals surface area contributed by atoms with Crippen LogP contribution in [0.15, 0.2) is 46.8 Å². The number of hydrogen-bond donors (Lipinski definition) is 1. The van der Waals surface area contributed by atoms with Crippen LogP contribution in [0.3, 0.4) is 0 Å². The summed E-state index contributed by atoms with van der Waals surface area (Å²) in [6.45, 7) is 4.31. The van der Waals surface area contributed by atoms with E-state index in [-0.39, 0.29) is 0 Å². The van der Waals surface area contributed by atoms with Gasteiger partial charge in [0, 0.05) is 10.2 Å². The molecular weight excluding hydrogens is 310 g/mol. The SMILES string of the molecule is C=CCc1cc(N)ccc1OCc1sccc1Br. The first-order valence-corrected chi connectivity index (χ1v) is 7.22. The van der Waals surface area contributed by atoms with E-state index in [9.17, 15) is 0 Å². The Morgan fingerprint density at radius 2 is 2.22 bits per heavy atom. The number of hydrogen-bond acceptors (Lipinski definition) is 3. The van der Waals surface area contributed by atoms with E-state index in [0.717, 1.165) is 27.9 Å². The fraction of sp³-hybridized carbons (Fsp3) is 0.143. The molecule has 0 spiro atoms. The molecule has 0 aliphatic rings. The number of benzene rings is 1. The van der Waals surface area contributed by atoms with Gasteiger partial charge in [0.05, 0.1) is 4.88 Å². The minimum Gasteiger partial charge on any atom is -0.488 e. The highest BCUT2D eigenvalue weighted by Crippen LogP contribution is 2.27. The minimum absolute atomic E-state index is 0.562. The van der Waals surface area contributed by atoms with Crippen molar-refractivity contribution in [3.8, 4) is 5.75 Å². The zero-order valence-corrected chi connectivity index (χ0v) is 12.3. The summed E-state index contributed by atoms with van der Waals surface area (Å²) >= 11 is 5.17. The molecule has 94 valence electrons. The van der Waals surface area contributed by atoms with Crippen LogP contribution in [0.25, 0.3) is 0 Å². The molecule has 0 saturated heterocycles. The molecule has 0 amide bonds. The number of thiophene rings is 1. The Bertz CT molecular complexity index is 550. The van der Waals surface area contributed by atoms with Gasteiger partial charge in [-0.05, 0) is 57.6 Å². The largest absolute Gasteiger partial charge is 0.488 e.